The number of likely N-dealkylation sites (tertiary alicyclic amines) is 1. The van der Waals surface area contributed by atoms with Crippen molar-refractivity contribution in [2.24, 2.45) is 0 Å². The molecule has 8 nitrogen and oxygen atoms in total. The molecule has 0 aliphatic carbocycles. The van der Waals surface area contributed by atoms with Gasteiger partial charge in [0.2, 0.25) is 10.0 Å². The minimum Gasteiger partial charge on any atom is -0.339 e. The third kappa shape index (κ3) is 4.25. The van der Waals surface area contributed by atoms with Crippen LogP contribution in [-0.4, -0.2) is 49.5 Å². The highest BCUT2D eigenvalue weighted by Crippen LogP contribution is 2.17. The summed E-state index contributed by atoms with van der Waals surface area (Å²) in [5.41, 5.74) is 0.327. The fraction of sp³-hybridized carbons (Fsp3) is 0.462. The Morgan fingerprint density at radius 1 is 1.27 bits per heavy atom. The van der Waals surface area contributed by atoms with Crippen LogP contribution in [0.3, 0.4) is 0 Å². The highest BCUT2D eigenvalue weighted by Gasteiger charge is 2.25. The highest BCUT2D eigenvalue weighted by atomic mass is 32.2. The first-order valence-electron chi connectivity index (χ1n) is 6.77. The topological polar surface area (TPSA) is 110 Å². The smallest absolute Gasteiger partial charge is 0.269 e. The number of hydrogen-bond acceptors (Lipinski definition) is 5. The van der Waals surface area contributed by atoms with Crippen LogP contribution in [0.5, 0.6) is 0 Å². The van der Waals surface area contributed by atoms with Crippen LogP contribution >= 0.6 is 0 Å². The predicted octanol–water partition coefficient (Wildman–Crippen LogP) is 0.749. The molecule has 0 radical (unpaired) electrons. The van der Waals surface area contributed by atoms with Crippen molar-refractivity contribution in [3.8, 4) is 0 Å². The molecule has 1 heterocycles. The van der Waals surface area contributed by atoms with Gasteiger partial charge in [-0.15, -0.1) is 0 Å². The Balaban J connectivity index is 1.96. The van der Waals surface area contributed by atoms with Gasteiger partial charge in [0.1, 0.15) is 0 Å². The number of carbonyl (C=O) groups is 1. The van der Waals surface area contributed by atoms with E-state index < -0.39 is 14.9 Å². The largest absolute Gasteiger partial charge is 0.339 e. The fourth-order valence-corrected chi connectivity index (χ4v) is 3.25. The summed E-state index contributed by atoms with van der Waals surface area (Å²) in [6.45, 7) is 0.895. The second-order valence-corrected chi connectivity index (χ2v) is 7.04. The summed E-state index contributed by atoms with van der Waals surface area (Å²) in [7, 11) is -3.24. The summed E-state index contributed by atoms with van der Waals surface area (Å²) in [6.07, 6.45) is 2.21. The van der Waals surface area contributed by atoms with E-state index in [0.29, 0.717) is 31.5 Å². The maximum atomic E-state index is 12.3. The quantitative estimate of drug-likeness (QED) is 0.648. The van der Waals surface area contributed by atoms with Gasteiger partial charge in [-0.2, -0.15) is 0 Å². The number of sulfonamides is 1. The number of nitro benzene ring substituents is 1. The zero-order valence-electron chi connectivity index (χ0n) is 12.1. The van der Waals surface area contributed by atoms with Crippen LogP contribution in [-0.2, 0) is 10.0 Å². The Morgan fingerprint density at radius 3 is 2.27 bits per heavy atom. The highest BCUT2D eigenvalue weighted by molar-refractivity contribution is 7.88. The minimum absolute atomic E-state index is 0.0624. The lowest BCUT2D eigenvalue weighted by Crippen LogP contribution is -2.46. The average molecular weight is 327 g/mol. The van der Waals surface area contributed by atoms with Crippen LogP contribution in [0.15, 0.2) is 24.3 Å². The number of amides is 1. The van der Waals surface area contributed by atoms with Crippen LogP contribution in [0.4, 0.5) is 5.69 Å². The minimum atomic E-state index is -3.24. The number of nitro groups is 1. The molecule has 1 aliphatic rings. The number of hydrogen-bond donors (Lipinski definition) is 1. The lowest BCUT2D eigenvalue weighted by Gasteiger charge is -2.32. The molecule has 1 aromatic rings. The summed E-state index contributed by atoms with van der Waals surface area (Å²) >= 11 is 0. The third-order valence-electron chi connectivity index (χ3n) is 3.49. The third-order valence-corrected chi connectivity index (χ3v) is 4.25. The number of non-ortho nitro benzene ring substituents is 1. The van der Waals surface area contributed by atoms with E-state index in [0.717, 1.165) is 6.26 Å². The average Bonchev–Trinajstić information content (AvgIpc) is 2.46. The first-order valence-corrected chi connectivity index (χ1v) is 8.66. The first-order chi connectivity index (χ1) is 10.3. The molecule has 0 bridgehead atoms. The van der Waals surface area contributed by atoms with Gasteiger partial charge in [-0.25, -0.2) is 13.1 Å². The van der Waals surface area contributed by atoms with Crippen molar-refractivity contribution in [1.29, 1.82) is 0 Å². The molecule has 2 rings (SSSR count). The summed E-state index contributed by atoms with van der Waals surface area (Å²) in [5, 5.41) is 10.6. The molecule has 0 aromatic heterocycles. The predicted molar refractivity (Wildman–Crippen MR) is 80.0 cm³/mol. The molecular weight excluding hydrogens is 310 g/mol. The Morgan fingerprint density at radius 2 is 1.82 bits per heavy atom. The van der Waals surface area contributed by atoms with Crippen LogP contribution in [0, 0.1) is 10.1 Å². The zero-order valence-corrected chi connectivity index (χ0v) is 12.9. The fourth-order valence-electron chi connectivity index (χ4n) is 2.41. The summed E-state index contributed by atoms with van der Waals surface area (Å²) in [5.74, 6) is -0.201. The van der Waals surface area contributed by atoms with E-state index in [9.17, 15) is 23.3 Å². The van der Waals surface area contributed by atoms with Crippen LogP contribution in [0.1, 0.15) is 23.2 Å². The number of carbonyl (C=O) groups excluding carboxylic acids is 1. The molecule has 9 heteroatoms. The van der Waals surface area contributed by atoms with Crippen molar-refractivity contribution in [2.75, 3.05) is 19.3 Å². The van der Waals surface area contributed by atoms with Crippen LogP contribution in [0.2, 0.25) is 0 Å². The number of nitrogens with zero attached hydrogens (tertiary/aromatic N) is 2. The first kappa shape index (κ1) is 16.4. The number of nitrogens with one attached hydrogen (secondary N) is 1. The Bertz CT molecular complexity index is 663. The van der Waals surface area contributed by atoms with Crippen molar-refractivity contribution in [3.05, 3.63) is 39.9 Å². The SMILES string of the molecule is CS(=O)(=O)NC1CCN(C(=O)c2ccc([N+](=O)[O-])cc2)CC1. The molecule has 0 atom stereocenters. The molecule has 0 saturated carbocycles. The maximum Gasteiger partial charge on any atom is 0.269 e. The zero-order chi connectivity index (χ0) is 16.3. The van der Waals surface area contributed by atoms with E-state index in [1.165, 1.54) is 24.3 Å². The van der Waals surface area contributed by atoms with Gasteiger partial charge in [-0.3, -0.25) is 14.9 Å². The second kappa shape index (κ2) is 6.41. The van der Waals surface area contributed by atoms with Crippen LogP contribution < -0.4 is 4.72 Å². The van der Waals surface area contributed by atoms with Gasteiger partial charge >= 0.3 is 0 Å². The molecule has 1 saturated heterocycles. The monoisotopic (exact) mass is 327 g/mol. The number of benzene rings is 1. The Hall–Kier alpha value is -2.00. The van der Waals surface area contributed by atoms with E-state index in [1.807, 2.05) is 0 Å². The molecular formula is C13H17N3O5S. The van der Waals surface area contributed by atoms with Gasteiger partial charge in [-0.05, 0) is 25.0 Å². The molecule has 1 amide bonds. The van der Waals surface area contributed by atoms with Crippen molar-refractivity contribution < 1.29 is 18.1 Å². The molecule has 120 valence electrons. The van der Waals surface area contributed by atoms with E-state index in [2.05, 4.69) is 4.72 Å². The van der Waals surface area contributed by atoms with Crippen molar-refractivity contribution in [3.63, 3.8) is 0 Å². The standard InChI is InChI=1S/C13H17N3O5S/c1-22(20,21)14-11-6-8-15(9-7-11)13(17)10-2-4-12(5-3-10)16(18)19/h2-5,11,14H,6-9H2,1H3. The Labute approximate surface area is 128 Å². The van der Waals surface area contributed by atoms with E-state index in [4.69, 9.17) is 0 Å². The van der Waals surface area contributed by atoms with Gasteiger partial charge < -0.3 is 4.90 Å². The van der Waals surface area contributed by atoms with E-state index in [1.54, 1.807) is 4.90 Å². The van der Waals surface area contributed by atoms with Gasteiger partial charge in [0, 0.05) is 36.8 Å². The van der Waals surface area contributed by atoms with Gasteiger partial charge in [0.25, 0.3) is 11.6 Å². The lowest BCUT2D eigenvalue weighted by molar-refractivity contribution is -0.384. The summed E-state index contributed by atoms with van der Waals surface area (Å²) in [4.78, 5) is 24.0. The van der Waals surface area contributed by atoms with Crippen LogP contribution in [0.25, 0.3) is 0 Å². The van der Waals surface area contributed by atoms with E-state index >= 15 is 0 Å². The maximum absolute atomic E-state index is 12.3. The lowest BCUT2D eigenvalue weighted by atomic mass is 10.0. The van der Waals surface area contributed by atoms with Gasteiger partial charge in [0.15, 0.2) is 0 Å². The number of piperidine rings is 1. The van der Waals surface area contributed by atoms with Crippen molar-refractivity contribution in [2.45, 2.75) is 18.9 Å². The Kier molecular flexibility index (Phi) is 4.77. The molecule has 22 heavy (non-hydrogen) atoms. The summed E-state index contributed by atoms with van der Waals surface area (Å²) < 4.78 is 24.9. The van der Waals surface area contributed by atoms with Gasteiger partial charge in [-0.1, -0.05) is 0 Å². The molecule has 1 fully saturated rings. The van der Waals surface area contributed by atoms with Crippen molar-refractivity contribution in [1.82, 2.24) is 9.62 Å². The number of rotatable bonds is 4. The summed E-state index contributed by atoms with van der Waals surface area (Å²) in [6, 6.07) is 5.30. The second-order valence-electron chi connectivity index (χ2n) is 5.26. The normalized spacial score (nSPS) is 16.5. The molecule has 0 unspecified atom stereocenters. The molecule has 1 N–H and O–H groups in total. The van der Waals surface area contributed by atoms with Gasteiger partial charge in [0.05, 0.1) is 11.2 Å². The van der Waals surface area contributed by atoms with Crippen molar-refractivity contribution >= 4 is 21.6 Å². The molecule has 0 spiro atoms. The van der Waals surface area contributed by atoms with E-state index in [-0.39, 0.29) is 17.6 Å². The molecule has 1 aromatic carbocycles. The molecule has 1 aliphatic heterocycles.